The van der Waals surface area contributed by atoms with Crippen LogP contribution in [0.3, 0.4) is 0 Å². The molecule has 2 aromatic carbocycles. The highest BCUT2D eigenvalue weighted by Gasteiger charge is 2.15. The fraction of sp³-hybridized carbons (Fsp3) is 0.111. The molecule has 34 heavy (non-hydrogen) atoms. The highest BCUT2D eigenvalue weighted by molar-refractivity contribution is 6.30. The third-order valence-electron chi connectivity index (χ3n) is 5.54. The zero-order valence-electron chi connectivity index (χ0n) is 18.4. The Labute approximate surface area is 202 Å². The van der Waals surface area contributed by atoms with Gasteiger partial charge in [-0.2, -0.15) is 0 Å². The average molecular weight is 467 g/mol. The van der Waals surface area contributed by atoms with E-state index in [2.05, 4.69) is 27.4 Å². The molecule has 168 valence electrons. The number of nitrogens with two attached hydrogens (primary N) is 1. The Bertz CT molecular complexity index is 1390. The molecular formula is C27H23ClN6. The van der Waals surface area contributed by atoms with Crippen LogP contribution in [0.15, 0.2) is 91.4 Å². The Hall–Kier alpha value is -3.87. The first-order chi connectivity index (χ1) is 16.7. The average Bonchev–Trinajstić information content (AvgIpc) is 2.88. The van der Waals surface area contributed by atoms with Gasteiger partial charge in [0.25, 0.3) is 0 Å². The highest BCUT2D eigenvalue weighted by Crippen LogP contribution is 2.31. The quantitative estimate of drug-likeness (QED) is 0.334. The van der Waals surface area contributed by atoms with Gasteiger partial charge >= 0.3 is 0 Å². The number of aromatic nitrogens is 4. The Kier molecular flexibility index (Phi) is 6.42. The zero-order valence-corrected chi connectivity index (χ0v) is 19.2. The molecule has 3 aromatic heterocycles. The molecule has 0 aliphatic carbocycles. The summed E-state index contributed by atoms with van der Waals surface area (Å²) < 4.78 is 0. The second-order valence-corrected chi connectivity index (χ2v) is 8.46. The van der Waals surface area contributed by atoms with Crippen molar-refractivity contribution in [3.05, 3.63) is 102 Å². The fourth-order valence-electron chi connectivity index (χ4n) is 3.86. The molecule has 0 bridgehead atoms. The number of rotatable bonds is 7. The van der Waals surface area contributed by atoms with Crippen LogP contribution >= 0.6 is 11.6 Å². The van der Waals surface area contributed by atoms with E-state index >= 15 is 0 Å². The summed E-state index contributed by atoms with van der Waals surface area (Å²) in [7, 11) is 0. The molecule has 5 rings (SSSR count). The normalized spacial score (nSPS) is 11.9. The SMILES string of the molecule is NC(CNc1nc(-c2ccncc2)nc2c(-c3ccc(Cl)cc3)nccc12)Cc1ccccc1. The predicted molar refractivity (Wildman–Crippen MR) is 138 cm³/mol. The molecule has 0 amide bonds. The first kappa shape index (κ1) is 21.9. The Morgan fingerprint density at radius 3 is 2.35 bits per heavy atom. The van der Waals surface area contributed by atoms with E-state index in [0.29, 0.717) is 17.4 Å². The number of nitrogens with zero attached hydrogens (tertiary/aromatic N) is 4. The minimum Gasteiger partial charge on any atom is -0.368 e. The van der Waals surface area contributed by atoms with Crippen LogP contribution in [-0.2, 0) is 6.42 Å². The second kappa shape index (κ2) is 9.95. The van der Waals surface area contributed by atoms with Crippen molar-refractivity contribution >= 4 is 28.3 Å². The molecule has 5 aromatic rings. The number of benzene rings is 2. The molecule has 3 N–H and O–H groups in total. The van der Waals surface area contributed by atoms with E-state index in [9.17, 15) is 0 Å². The third-order valence-corrected chi connectivity index (χ3v) is 5.80. The van der Waals surface area contributed by atoms with Gasteiger partial charge in [0.15, 0.2) is 5.82 Å². The van der Waals surface area contributed by atoms with Crippen molar-refractivity contribution in [2.75, 3.05) is 11.9 Å². The molecule has 0 saturated heterocycles. The van der Waals surface area contributed by atoms with Gasteiger partial charge in [-0.3, -0.25) is 9.97 Å². The molecule has 0 radical (unpaired) electrons. The van der Waals surface area contributed by atoms with E-state index in [1.165, 1.54) is 5.56 Å². The van der Waals surface area contributed by atoms with E-state index in [1.807, 2.05) is 60.7 Å². The number of halogens is 1. The van der Waals surface area contributed by atoms with Crippen molar-refractivity contribution in [2.24, 2.45) is 5.73 Å². The van der Waals surface area contributed by atoms with Crippen LogP contribution in [0.1, 0.15) is 5.56 Å². The van der Waals surface area contributed by atoms with Gasteiger partial charge < -0.3 is 11.1 Å². The molecule has 0 aliphatic rings. The standard InChI is InChI=1S/C27H23ClN6/c28-21-8-6-19(7-9-21)24-25-23(12-15-31-24)27(34-26(33-25)20-10-13-30-14-11-20)32-17-22(29)16-18-4-2-1-3-5-18/h1-15,22H,16-17,29H2,(H,32,33,34). The lowest BCUT2D eigenvalue weighted by molar-refractivity contribution is 0.698. The van der Waals surface area contributed by atoms with Gasteiger partial charge in [-0.25, -0.2) is 9.97 Å². The Morgan fingerprint density at radius 1 is 0.824 bits per heavy atom. The number of pyridine rings is 2. The van der Waals surface area contributed by atoms with Crippen LogP contribution in [0.25, 0.3) is 33.5 Å². The summed E-state index contributed by atoms with van der Waals surface area (Å²) in [6, 6.07) is 23.5. The van der Waals surface area contributed by atoms with Gasteiger partial charge in [0.05, 0.1) is 5.69 Å². The molecule has 7 heteroatoms. The van der Waals surface area contributed by atoms with Crippen molar-refractivity contribution in [2.45, 2.75) is 12.5 Å². The van der Waals surface area contributed by atoms with Crippen LogP contribution in [0.4, 0.5) is 5.82 Å². The lowest BCUT2D eigenvalue weighted by Gasteiger charge is -2.16. The van der Waals surface area contributed by atoms with Crippen LogP contribution in [-0.4, -0.2) is 32.5 Å². The first-order valence-corrected chi connectivity index (χ1v) is 11.4. The molecule has 1 unspecified atom stereocenters. The molecule has 0 aliphatic heterocycles. The van der Waals surface area contributed by atoms with Gasteiger partial charge in [-0.05, 0) is 42.3 Å². The molecule has 1 atom stereocenters. The Balaban J connectivity index is 1.54. The van der Waals surface area contributed by atoms with E-state index in [0.717, 1.165) is 40.0 Å². The number of fused-ring (bicyclic) bond motifs is 1. The third kappa shape index (κ3) is 4.88. The van der Waals surface area contributed by atoms with Crippen molar-refractivity contribution in [3.8, 4) is 22.6 Å². The van der Waals surface area contributed by atoms with Crippen molar-refractivity contribution in [1.29, 1.82) is 0 Å². The summed E-state index contributed by atoms with van der Waals surface area (Å²) in [5.74, 6) is 1.31. The fourth-order valence-corrected chi connectivity index (χ4v) is 3.98. The van der Waals surface area contributed by atoms with E-state index in [1.54, 1.807) is 18.6 Å². The van der Waals surface area contributed by atoms with Gasteiger partial charge in [-0.15, -0.1) is 0 Å². The summed E-state index contributed by atoms with van der Waals surface area (Å²) in [6.07, 6.45) is 6.01. The number of hydrogen-bond donors (Lipinski definition) is 2. The lowest BCUT2D eigenvalue weighted by Crippen LogP contribution is -2.31. The molecule has 0 saturated carbocycles. The summed E-state index contributed by atoms with van der Waals surface area (Å²) in [6.45, 7) is 0.565. The molecule has 0 fully saturated rings. The largest absolute Gasteiger partial charge is 0.368 e. The van der Waals surface area contributed by atoms with Crippen molar-refractivity contribution in [3.63, 3.8) is 0 Å². The van der Waals surface area contributed by atoms with E-state index in [4.69, 9.17) is 27.3 Å². The minimum absolute atomic E-state index is 0.0747. The van der Waals surface area contributed by atoms with Crippen LogP contribution < -0.4 is 11.1 Å². The lowest BCUT2D eigenvalue weighted by atomic mass is 10.1. The topological polar surface area (TPSA) is 89.6 Å². The highest BCUT2D eigenvalue weighted by atomic mass is 35.5. The van der Waals surface area contributed by atoms with E-state index in [-0.39, 0.29) is 6.04 Å². The summed E-state index contributed by atoms with van der Waals surface area (Å²) in [4.78, 5) is 18.5. The Morgan fingerprint density at radius 2 is 1.59 bits per heavy atom. The smallest absolute Gasteiger partial charge is 0.162 e. The first-order valence-electron chi connectivity index (χ1n) is 11.0. The van der Waals surface area contributed by atoms with Crippen molar-refractivity contribution < 1.29 is 0 Å². The number of nitrogens with one attached hydrogen (secondary N) is 1. The summed E-state index contributed by atoms with van der Waals surface area (Å²) >= 11 is 6.10. The van der Waals surface area contributed by atoms with Crippen LogP contribution in [0, 0.1) is 0 Å². The van der Waals surface area contributed by atoms with Gasteiger partial charge in [0.2, 0.25) is 0 Å². The molecule has 6 nitrogen and oxygen atoms in total. The number of hydrogen-bond acceptors (Lipinski definition) is 6. The van der Waals surface area contributed by atoms with Crippen molar-refractivity contribution in [1.82, 2.24) is 19.9 Å². The minimum atomic E-state index is -0.0747. The van der Waals surface area contributed by atoms with Gasteiger partial charge in [0, 0.05) is 52.7 Å². The maximum atomic E-state index is 6.44. The van der Waals surface area contributed by atoms with Crippen LogP contribution in [0.5, 0.6) is 0 Å². The van der Waals surface area contributed by atoms with Gasteiger partial charge in [-0.1, -0.05) is 54.1 Å². The van der Waals surface area contributed by atoms with E-state index < -0.39 is 0 Å². The molecular weight excluding hydrogens is 444 g/mol. The summed E-state index contributed by atoms with van der Waals surface area (Å²) in [5.41, 5.74) is 11.0. The maximum absolute atomic E-state index is 6.44. The van der Waals surface area contributed by atoms with Crippen LogP contribution in [0.2, 0.25) is 5.02 Å². The number of anilines is 1. The monoisotopic (exact) mass is 466 g/mol. The molecule has 0 spiro atoms. The molecule has 3 heterocycles. The second-order valence-electron chi connectivity index (χ2n) is 8.03. The van der Waals surface area contributed by atoms with Gasteiger partial charge in [0.1, 0.15) is 11.3 Å². The maximum Gasteiger partial charge on any atom is 0.162 e. The zero-order chi connectivity index (χ0) is 23.3. The summed E-state index contributed by atoms with van der Waals surface area (Å²) in [5, 5.41) is 5.02. The predicted octanol–water partition coefficient (Wildman–Crippen LogP) is 5.39.